The lowest BCUT2D eigenvalue weighted by molar-refractivity contribution is 0.233. The molecule has 18 heavy (non-hydrogen) atoms. The van der Waals surface area contributed by atoms with Gasteiger partial charge in [0.05, 0.1) is 11.2 Å². The van der Waals surface area contributed by atoms with Crippen molar-refractivity contribution in [2.24, 2.45) is 7.05 Å². The Morgan fingerprint density at radius 3 is 2.83 bits per heavy atom. The number of aromatic nitrogens is 2. The van der Waals surface area contributed by atoms with Gasteiger partial charge in [-0.3, -0.25) is 9.58 Å². The van der Waals surface area contributed by atoms with Crippen molar-refractivity contribution in [2.75, 3.05) is 26.2 Å². The Kier molecular flexibility index (Phi) is 3.06. The third-order valence-electron chi connectivity index (χ3n) is 3.72. The molecule has 2 aromatic rings. The first-order valence-corrected chi connectivity index (χ1v) is 6.59. The van der Waals surface area contributed by atoms with Crippen LogP contribution in [-0.2, 0) is 13.6 Å². The summed E-state index contributed by atoms with van der Waals surface area (Å²) in [7, 11) is 2.01. The van der Waals surface area contributed by atoms with Gasteiger partial charge in [-0.15, -0.1) is 0 Å². The van der Waals surface area contributed by atoms with Crippen LogP contribution >= 0.6 is 0 Å². The van der Waals surface area contributed by atoms with E-state index in [0.29, 0.717) is 0 Å². The quantitative estimate of drug-likeness (QED) is 0.864. The van der Waals surface area contributed by atoms with E-state index in [1.165, 1.54) is 16.5 Å². The molecule has 2 heterocycles. The molecule has 1 aliphatic heterocycles. The van der Waals surface area contributed by atoms with Crippen molar-refractivity contribution in [3.8, 4) is 0 Å². The minimum atomic E-state index is 1.05. The molecule has 0 aliphatic carbocycles. The van der Waals surface area contributed by atoms with E-state index in [2.05, 4.69) is 40.4 Å². The molecule has 4 nitrogen and oxygen atoms in total. The molecule has 0 saturated carbocycles. The molecule has 0 amide bonds. The Hall–Kier alpha value is -1.39. The minimum absolute atomic E-state index is 1.05. The van der Waals surface area contributed by atoms with Gasteiger partial charge in [0.1, 0.15) is 0 Å². The largest absolute Gasteiger partial charge is 0.314 e. The summed E-state index contributed by atoms with van der Waals surface area (Å²) in [6.07, 6.45) is 0. The molecule has 1 aromatic carbocycles. The van der Waals surface area contributed by atoms with Crippen molar-refractivity contribution in [1.29, 1.82) is 0 Å². The molecule has 1 saturated heterocycles. The summed E-state index contributed by atoms with van der Waals surface area (Å²) in [5.41, 5.74) is 3.73. The lowest BCUT2D eigenvalue weighted by Gasteiger charge is -2.27. The number of piperazine rings is 1. The standard InChI is InChI=1S/C14H20N4/c1-11-13-9-12(3-4-14(13)17(2)16-11)10-18-7-5-15-6-8-18/h3-4,9,15H,5-8,10H2,1-2H3. The Bertz CT molecular complexity index is 552. The van der Waals surface area contributed by atoms with Gasteiger partial charge in [0, 0.05) is 45.2 Å². The second kappa shape index (κ2) is 4.71. The Balaban J connectivity index is 1.86. The van der Waals surface area contributed by atoms with Gasteiger partial charge in [0.2, 0.25) is 0 Å². The molecule has 1 fully saturated rings. The zero-order valence-corrected chi connectivity index (χ0v) is 11.1. The molecule has 96 valence electrons. The van der Waals surface area contributed by atoms with Crippen molar-refractivity contribution < 1.29 is 0 Å². The third-order valence-corrected chi connectivity index (χ3v) is 3.72. The zero-order chi connectivity index (χ0) is 12.5. The highest BCUT2D eigenvalue weighted by Crippen LogP contribution is 2.19. The third kappa shape index (κ3) is 2.13. The monoisotopic (exact) mass is 244 g/mol. The fourth-order valence-corrected chi connectivity index (χ4v) is 2.71. The molecule has 0 bridgehead atoms. The van der Waals surface area contributed by atoms with Gasteiger partial charge in [-0.1, -0.05) is 6.07 Å². The van der Waals surface area contributed by atoms with Gasteiger partial charge >= 0.3 is 0 Å². The van der Waals surface area contributed by atoms with E-state index in [0.717, 1.165) is 38.4 Å². The van der Waals surface area contributed by atoms with Crippen LogP contribution in [0, 0.1) is 6.92 Å². The number of aryl methyl sites for hydroxylation is 2. The van der Waals surface area contributed by atoms with Crippen molar-refractivity contribution in [3.63, 3.8) is 0 Å². The van der Waals surface area contributed by atoms with Crippen LogP contribution in [0.2, 0.25) is 0 Å². The molecular formula is C14H20N4. The first-order chi connectivity index (χ1) is 8.74. The van der Waals surface area contributed by atoms with E-state index >= 15 is 0 Å². The maximum Gasteiger partial charge on any atom is 0.0682 e. The van der Waals surface area contributed by atoms with E-state index in [1.807, 2.05) is 11.7 Å². The Labute approximate surface area is 108 Å². The number of benzene rings is 1. The summed E-state index contributed by atoms with van der Waals surface area (Å²) in [5, 5.41) is 9.14. The van der Waals surface area contributed by atoms with E-state index < -0.39 is 0 Å². The number of hydrogen-bond acceptors (Lipinski definition) is 3. The molecule has 0 radical (unpaired) electrons. The molecular weight excluding hydrogens is 224 g/mol. The normalized spacial score (nSPS) is 17.4. The highest BCUT2D eigenvalue weighted by atomic mass is 15.3. The summed E-state index contributed by atoms with van der Waals surface area (Å²) < 4.78 is 1.96. The van der Waals surface area contributed by atoms with Crippen LogP contribution in [-0.4, -0.2) is 40.9 Å². The summed E-state index contributed by atoms with van der Waals surface area (Å²) in [6, 6.07) is 6.71. The predicted molar refractivity (Wildman–Crippen MR) is 73.6 cm³/mol. The van der Waals surface area contributed by atoms with E-state index in [4.69, 9.17) is 0 Å². The van der Waals surface area contributed by atoms with E-state index in [-0.39, 0.29) is 0 Å². The van der Waals surface area contributed by atoms with Crippen LogP contribution < -0.4 is 5.32 Å². The maximum absolute atomic E-state index is 4.47. The van der Waals surface area contributed by atoms with Crippen molar-refractivity contribution in [1.82, 2.24) is 20.0 Å². The summed E-state index contributed by atoms with van der Waals surface area (Å²) in [5.74, 6) is 0. The van der Waals surface area contributed by atoms with Crippen LogP contribution in [0.5, 0.6) is 0 Å². The molecule has 3 rings (SSSR count). The number of hydrogen-bond donors (Lipinski definition) is 1. The van der Waals surface area contributed by atoms with Gasteiger partial charge in [0.15, 0.2) is 0 Å². The number of fused-ring (bicyclic) bond motifs is 1. The lowest BCUT2D eigenvalue weighted by Crippen LogP contribution is -2.42. The number of rotatable bonds is 2. The van der Waals surface area contributed by atoms with Crippen molar-refractivity contribution >= 4 is 10.9 Å². The minimum Gasteiger partial charge on any atom is -0.314 e. The van der Waals surface area contributed by atoms with Crippen LogP contribution in [0.1, 0.15) is 11.3 Å². The molecule has 1 aliphatic rings. The molecule has 0 spiro atoms. The SMILES string of the molecule is Cc1nn(C)c2ccc(CN3CCNCC3)cc12. The predicted octanol–water partition coefficient (Wildman–Crippen LogP) is 1.29. The topological polar surface area (TPSA) is 33.1 Å². The van der Waals surface area contributed by atoms with Gasteiger partial charge in [-0.05, 0) is 24.6 Å². The molecule has 1 N–H and O–H groups in total. The second-order valence-electron chi connectivity index (χ2n) is 5.09. The van der Waals surface area contributed by atoms with Crippen LogP contribution in [0.3, 0.4) is 0 Å². The average molecular weight is 244 g/mol. The van der Waals surface area contributed by atoms with Gasteiger partial charge in [0.25, 0.3) is 0 Å². The summed E-state index contributed by atoms with van der Waals surface area (Å²) in [4.78, 5) is 2.50. The Morgan fingerprint density at radius 1 is 1.28 bits per heavy atom. The molecule has 0 unspecified atom stereocenters. The zero-order valence-electron chi connectivity index (χ0n) is 11.1. The molecule has 4 heteroatoms. The summed E-state index contributed by atoms with van der Waals surface area (Å²) >= 11 is 0. The van der Waals surface area contributed by atoms with Gasteiger partial charge in [-0.25, -0.2) is 0 Å². The lowest BCUT2D eigenvalue weighted by atomic mass is 10.1. The van der Waals surface area contributed by atoms with Crippen molar-refractivity contribution in [2.45, 2.75) is 13.5 Å². The second-order valence-corrected chi connectivity index (χ2v) is 5.09. The Morgan fingerprint density at radius 2 is 2.06 bits per heavy atom. The molecule has 1 aromatic heterocycles. The van der Waals surface area contributed by atoms with Gasteiger partial charge in [-0.2, -0.15) is 5.10 Å². The average Bonchev–Trinajstić information content (AvgIpc) is 2.66. The highest BCUT2D eigenvalue weighted by molar-refractivity contribution is 5.82. The number of nitrogens with zero attached hydrogens (tertiary/aromatic N) is 3. The first-order valence-electron chi connectivity index (χ1n) is 6.59. The summed E-state index contributed by atoms with van der Waals surface area (Å²) in [6.45, 7) is 7.62. The molecule has 0 atom stereocenters. The van der Waals surface area contributed by atoms with E-state index in [1.54, 1.807) is 0 Å². The highest BCUT2D eigenvalue weighted by Gasteiger charge is 2.11. The van der Waals surface area contributed by atoms with Gasteiger partial charge < -0.3 is 5.32 Å². The van der Waals surface area contributed by atoms with E-state index in [9.17, 15) is 0 Å². The van der Waals surface area contributed by atoms with Crippen molar-refractivity contribution in [3.05, 3.63) is 29.5 Å². The van der Waals surface area contributed by atoms with Crippen LogP contribution in [0.25, 0.3) is 10.9 Å². The fourth-order valence-electron chi connectivity index (χ4n) is 2.71. The first kappa shape index (κ1) is 11.7. The smallest absolute Gasteiger partial charge is 0.0682 e. The van der Waals surface area contributed by atoms with Crippen LogP contribution in [0.15, 0.2) is 18.2 Å². The maximum atomic E-state index is 4.47. The number of nitrogens with one attached hydrogen (secondary N) is 1. The fraction of sp³-hybridized carbons (Fsp3) is 0.500. The van der Waals surface area contributed by atoms with Crippen LogP contribution in [0.4, 0.5) is 0 Å².